The second-order valence-corrected chi connectivity index (χ2v) is 3.75. The zero-order valence-electron chi connectivity index (χ0n) is 10.0. The Morgan fingerprint density at radius 1 is 1.53 bits per heavy atom. The molecule has 1 rings (SSSR count). The van der Waals surface area contributed by atoms with Gasteiger partial charge in [-0.05, 0) is 19.2 Å². The number of aromatic nitrogens is 1. The van der Waals surface area contributed by atoms with Gasteiger partial charge in [0.1, 0.15) is 12.2 Å². The fourth-order valence-corrected chi connectivity index (χ4v) is 1.47. The first-order valence-electron chi connectivity index (χ1n) is 5.33. The van der Waals surface area contributed by atoms with Crippen LogP contribution in [-0.4, -0.2) is 53.6 Å². The Bertz CT molecular complexity index is 400. The lowest BCUT2D eigenvalue weighted by atomic mass is 10.3. The van der Waals surface area contributed by atoms with Crippen molar-refractivity contribution in [2.24, 2.45) is 0 Å². The highest BCUT2D eigenvalue weighted by Gasteiger charge is 2.16. The third-order valence-electron chi connectivity index (χ3n) is 2.40. The van der Waals surface area contributed by atoms with Crippen molar-refractivity contribution in [3.8, 4) is 0 Å². The van der Waals surface area contributed by atoms with E-state index in [1.165, 1.54) is 4.57 Å². The summed E-state index contributed by atoms with van der Waals surface area (Å²) in [6.07, 6.45) is 1.59. The lowest BCUT2D eigenvalue weighted by Gasteiger charge is -2.17. The molecule has 1 amide bonds. The van der Waals surface area contributed by atoms with Crippen LogP contribution in [0.5, 0.6) is 0 Å². The number of hydrogen-bond donors (Lipinski definition) is 2. The Kier molecular flexibility index (Phi) is 4.71. The van der Waals surface area contributed by atoms with Crippen molar-refractivity contribution in [2.45, 2.75) is 6.54 Å². The molecule has 17 heavy (non-hydrogen) atoms. The predicted octanol–water partition coefficient (Wildman–Crippen LogP) is -0.136. The summed E-state index contributed by atoms with van der Waals surface area (Å²) in [6.45, 7) is 1.07. The van der Waals surface area contributed by atoms with E-state index in [-0.39, 0.29) is 12.5 Å². The summed E-state index contributed by atoms with van der Waals surface area (Å²) in [7, 11) is 3.50. The van der Waals surface area contributed by atoms with E-state index in [2.05, 4.69) is 5.32 Å². The SMILES string of the molecule is CNCCN(C)C(=O)c1cccn1CC(=O)O. The van der Waals surface area contributed by atoms with E-state index in [4.69, 9.17) is 5.11 Å². The van der Waals surface area contributed by atoms with Gasteiger partial charge in [-0.1, -0.05) is 0 Å². The molecule has 0 fully saturated rings. The van der Waals surface area contributed by atoms with Crippen molar-refractivity contribution < 1.29 is 14.7 Å². The van der Waals surface area contributed by atoms with Crippen molar-refractivity contribution in [1.29, 1.82) is 0 Å². The van der Waals surface area contributed by atoms with Crippen LogP contribution in [0.2, 0.25) is 0 Å². The normalized spacial score (nSPS) is 10.2. The zero-order valence-corrected chi connectivity index (χ0v) is 10.0. The first-order chi connectivity index (χ1) is 8.06. The molecule has 0 saturated heterocycles. The van der Waals surface area contributed by atoms with Crippen LogP contribution in [0, 0.1) is 0 Å². The summed E-state index contributed by atoms with van der Waals surface area (Å²) in [5.74, 6) is -1.14. The van der Waals surface area contributed by atoms with Crippen LogP contribution in [0.1, 0.15) is 10.5 Å². The molecule has 0 saturated carbocycles. The third-order valence-corrected chi connectivity index (χ3v) is 2.40. The summed E-state index contributed by atoms with van der Waals surface area (Å²) in [5.41, 5.74) is 0.394. The minimum absolute atomic E-state index is 0.175. The van der Waals surface area contributed by atoms with Gasteiger partial charge in [-0.3, -0.25) is 9.59 Å². The van der Waals surface area contributed by atoms with Crippen LogP contribution in [0.3, 0.4) is 0 Å². The lowest BCUT2D eigenvalue weighted by Crippen LogP contribution is -2.34. The molecule has 1 aromatic heterocycles. The van der Waals surface area contributed by atoms with E-state index in [0.29, 0.717) is 18.8 Å². The highest BCUT2D eigenvalue weighted by Crippen LogP contribution is 2.05. The number of aliphatic carboxylic acids is 1. The van der Waals surface area contributed by atoms with Gasteiger partial charge in [-0.25, -0.2) is 0 Å². The molecule has 0 atom stereocenters. The second kappa shape index (κ2) is 6.05. The predicted molar refractivity (Wildman–Crippen MR) is 63.0 cm³/mol. The maximum absolute atomic E-state index is 12.0. The average Bonchev–Trinajstić information content (AvgIpc) is 2.71. The fraction of sp³-hybridized carbons (Fsp3) is 0.455. The van der Waals surface area contributed by atoms with Gasteiger partial charge in [-0.2, -0.15) is 0 Å². The number of amides is 1. The van der Waals surface area contributed by atoms with E-state index < -0.39 is 5.97 Å². The molecule has 1 aromatic rings. The number of carbonyl (C=O) groups is 2. The Morgan fingerprint density at radius 3 is 2.82 bits per heavy atom. The number of nitrogens with one attached hydrogen (secondary N) is 1. The maximum Gasteiger partial charge on any atom is 0.323 e. The van der Waals surface area contributed by atoms with Gasteiger partial charge >= 0.3 is 5.97 Å². The largest absolute Gasteiger partial charge is 0.480 e. The fourth-order valence-electron chi connectivity index (χ4n) is 1.47. The molecule has 0 aliphatic heterocycles. The Balaban J connectivity index is 2.74. The van der Waals surface area contributed by atoms with E-state index >= 15 is 0 Å². The van der Waals surface area contributed by atoms with Crippen LogP contribution < -0.4 is 5.32 Å². The van der Waals surface area contributed by atoms with Gasteiger partial charge in [0.05, 0.1) is 0 Å². The third kappa shape index (κ3) is 3.60. The number of hydrogen-bond acceptors (Lipinski definition) is 3. The van der Waals surface area contributed by atoms with Crippen LogP contribution in [0.15, 0.2) is 18.3 Å². The molecule has 1 heterocycles. The van der Waals surface area contributed by atoms with Crippen LogP contribution in [-0.2, 0) is 11.3 Å². The van der Waals surface area contributed by atoms with Crippen molar-refractivity contribution in [2.75, 3.05) is 27.2 Å². The number of carbonyl (C=O) groups excluding carboxylic acids is 1. The number of rotatable bonds is 6. The Morgan fingerprint density at radius 2 is 2.24 bits per heavy atom. The van der Waals surface area contributed by atoms with Gasteiger partial charge in [0.2, 0.25) is 0 Å². The smallest absolute Gasteiger partial charge is 0.323 e. The van der Waals surface area contributed by atoms with Gasteiger partial charge in [0.25, 0.3) is 5.91 Å². The summed E-state index contributed by atoms with van der Waals surface area (Å²) in [4.78, 5) is 24.2. The molecule has 0 aliphatic carbocycles. The molecule has 6 nitrogen and oxygen atoms in total. The molecule has 0 aromatic carbocycles. The maximum atomic E-state index is 12.0. The Hall–Kier alpha value is -1.82. The zero-order chi connectivity index (χ0) is 12.8. The van der Waals surface area contributed by atoms with Crippen LogP contribution in [0.4, 0.5) is 0 Å². The Labute approximate surface area is 99.8 Å². The molecule has 0 unspecified atom stereocenters. The molecule has 0 radical (unpaired) electrons. The average molecular weight is 239 g/mol. The van der Waals surface area contributed by atoms with Crippen LogP contribution >= 0.6 is 0 Å². The first-order valence-corrected chi connectivity index (χ1v) is 5.33. The second-order valence-electron chi connectivity index (χ2n) is 3.75. The summed E-state index contributed by atoms with van der Waals surface area (Å²) >= 11 is 0. The molecule has 2 N–H and O–H groups in total. The highest BCUT2D eigenvalue weighted by molar-refractivity contribution is 5.93. The quantitative estimate of drug-likeness (QED) is 0.725. The molecule has 94 valence electrons. The van der Waals surface area contributed by atoms with Gasteiger partial charge in [0, 0.05) is 26.3 Å². The van der Waals surface area contributed by atoms with Crippen molar-refractivity contribution in [3.05, 3.63) is 24.0 Å². The molecular formula is C11H17N3O3. The molecule has 0 bridgehead atoms. The highest BCUT2D eigenvalue weighted by atomic mass is 16.4. The van der Waals surface area contributed by atoms with Crippen molar-refractivity contribution >= 4 is 11.9 Å². The van der Waals surface area contributed by atoms with E-state index in [1.54, 1.807) is 30.3 Å². The number of carboxylic acids is 1. The number of nitrogens with zero attached hydrogens (tertiary/aromatic N) is 2. The topological polar surface area (TPSA) is 74.6 Å². The van der Waals surface area contributed by atoms with Gasteiger partial charge in [0.15, 0.2) is 0 Å². The summed E-state index contributed by atoms with van der Waals surface area (Å²) in [5, 5.41) is 11.7. The summed E-state index contributed by atoms with van der Waals surface area (Å²) in [6, 6.07) is 3.29. The number of likely N-dealkylation sites (N-methyl/N-ethyl adjacent to an activating group) is 2. The molecule has 6 heteroatoms. The standard InChI is InChI=1S/C11H17N3O3/c1-12-5-7-13(2)11(17)9-4-3-6-14(9)8-10(15)16/h3-4,6,12H,5,7-8H2,1-2H3,(H,15,16). The van der Waals surface area contributed by atoms with E-state index in [9.17, 15) is 9.59 Å². The monoisotopic (exact) mass is 239 g/mol. The van der Waals surface area contributed by atoms with Crippen LogP contribution in [0.25, 0.3) is 0 Å². The lowest BCUT2D eigenvalue weighted by molar-refractivity contribution is -0.137. The van der Waals surface area contributed by atoms with Crippen molar-refractivity contribution in [3.63, 3.8) is 0 Å². The molecular weight excluding hydrogens is 222 g/mol. The minimum atomic E-state index is -0.965. The minimum Gasteiger partial charge on any atom is -0.480 e. The van der Waals surface area contributed by atoms with E-state index in [1.807, 2.05) is 7.05 Å². The molecule has 0 aliphatic rings. The van der Waals surface area contributed by atoms with Gasteiger partial charge in [-0.15, -0.1) is 0 Å². The van der Waals surface area contributed by atoms with E-state index in [0.717, 1.165) is 0 Å². The molecule has 0 spiro atoms. The van der Waals surface area contributed by atoms with Crippen molar-refractivity contribution in [1.82, 2.24) is 14.8 Å². The number of carboxylic acid groups (broad SMARTS) is 1. The summed E-state index contributed by atoms with van der Waals surface area (Å²) < 4.78 is 1.43. The van der Waals surface area contributed by atoms with Gasteiger partial charge < -0.3 is 19.9 Å². The first kappa shape index (κ1) is 13.2.